The summed E-state index contributed by atoms with van der Waals surface area (Å²) in [7, 11) is 3.18. The van der Waals surface area contributed by atoms with Gasteiger partial charge in [0.25, 0.3) is 5.91 Å². The van der Waals surface area contributed by atoms with Crippen LogP contribution in [0.3, 0.4) is 0 Å². The number of benzene rings is 2. The van der Waals surface area contributed by atoms with Crippen LogP contribution in [0.4, 0.5) is 5.69 Å². The molecule has 0 aromatic heterocycles. The summed E-state index contributed by atoms with van der Waals surface area (Å²) in [6, 6.07) is 12.6. The molecule has 2 aromatic carbocycles. The van der Waals surface area contributed by atoms with Crippen LogP contribution in [0.5, 0.6) is 5.75 Å². The fourth-order valence-corrected chi connectivity index (χ4v) is 2.25. The highest BCUT2D eigenvalue weighted by Crippen LogP contribution is 2.18. The van der Waals surface area contributed by atoms with Gasteiger partial charge in [-0.3, -0.25) is 9.59 Å². The molecule has 120 valence electrons. The Bertz CT molecular complexity index is 726. The average Bonchev–Trinajstić information content (AvgIpc) is 2.56. The van der Waals surface area contributed by atoms with Crippen LogP contribution in [-0.2, 0) is 11.2 Å². The highest BCUT2D eigenvalue weighted by atomic mass is 16.5. The fraction of sp³-hybridized carbons (Fsp3) is 0.222. The number of carbonyl (C=O) groups is 2. The first-order valence-corrected chi connectivity index (χ1v) is 7.29. The van der Waals surface area contributed by atoms with Gasteiger partial charge in [0.2, 0.25) is 5.91 Å². The van der Waals surface area contributed by atoms with Gasteiger partial charge >= 0.3 is 0 Å². The molecule has 2 rings (SSSR count). The summed E-state index contributed by atoms with van der Waals surface area (Å²) in [6.45, 7) is 1.85. The van der Waals surface area contributed by atoms with Gasteiger partial charge in [-0.15, -0.1) is 0 Å². The lowest BCUT2D eigenvalue weighted by atomic mass is 10.1. The first-order chi connectivity index (χ1) is 11.0. The molecule has 23 heavy (non-hydrogen) atoms. The lowest BCUT2D eigenvalue weighted by Gasteiger charge is -2.10. The highest BCUT2D eigenvalue weighted by molar-refractivity contribution is 5.96. The predicted octanol–water partition coefficient (Wildman–Crippen LogP) is 2.54. The third kappa shape index (κ3) is 4.32. The number of hydrogen-bond donors (Lipinski definition) is 2. The number of hydrogen-bond acceptors (Lipinski definition) is 3. The molecule has 2 aromatic rings. The molecule has 0 saturated carbocycles. The number of anilines is 1. The van der Waals surface area contributed by atoms with Crippen molar-refractivity contribution in [3.05, 3.63) is 59.2 Å². The van der Waals surface area contributed by atoms with Crippen LogP contribution in [0.1, 0.15) is 21.5 Å². The largest absolute Gasteiger partial charge is 0.497 e. The predicted molar refractivity (Wildman–Crippen MR) is 89.9 cm³/mol. The van der Waals surface area contributed by atoms with E-state index in [0.717, 1.165) is 16.9 Å². The molecule has 0 radical (unpaired) electrons. The van der Waals surface area contributed by atoms with Crippen molar-refractivity contribution in [1.82, 2.24) is 5.32 Å². The molecule has 2 amide bonds. The summed E-state index contributed by atoms with van der Waals surface area (Å²) in [5.74, 6) is 0.456. The molecular formula is C18H20N2O3. The van der Waals surface area contributed by atoms with Crippen LogP contribution in [0.25, 0.3) is 0 Å². The van der Waals surface area contributed by atoms with Crippen LogP contribution in [-0.4, -0.2) is 26.0 Å². The molecule has 0 aliphatic carbocycles. The second-order valence-corrected chi connectivity index (χ2v) is 5.19. The van der Waals surface area contributed by atoms with Crippen molar-refractivity contribution in [2.45, 2.75) is 13.3 Å². The SMILES string of the molecule is CNC(=O)c1ccc(NC(=O)Cc2cccc(OC)c2)c(C)c1. The van der Waals surface area contributed by atoms with Crippen molar-refractivity contribution in [3.8, 4) is 5.75 Å². The maximum atomic E-state index is 12.2. The Kier molecular flexibility index (Phi) is 5.36. The van der Waals surface area contributed by atoms with E-state index in [0.29, 0.717) is 11.3 Å². The lowest BCUT2D eigenvalue weighted by molar-refractivity contribution is -0.115. The standard InChI is InChI=1S/C18H20N2O3/c1-12-9-14(18(22)19-2)7-8-16(12)20-17(21)11-13-5-4-6-15(10-13)23-3/h4-10H,11H2,1-3H3,(H,19,22)(H,20,21). The van der Waals surface area contributed by atoms with E-state index in [1.807, 2.05) is 31.2 Å². The minimum atomic E-state index is -0.151. The van der Waals surface area contributed by atoms with Crippen molar-refractivity contribution >= 4 is 17.5 Å². The second kappa shape index (κ2) is 7.45. The van der Waals surface area contributed by atoms with E-state index < -0.39 is 0 Å². The Morgan fingerprint density at radius 2 is 1.91 bits per heavy atom. The van der Waals surface area contributed by atoms with Gasteiger partial charge in [0, 0.05) is 18.3 Å². The van der Waals surface area contributed by atoms with Gasteiger partial charge in [-0.1, -0.05) is 12.1 Å². The van der Waals surface area contributed by atoms with E-state index in [-0.39, 0.29) is 18.2 Å². The highest BCUT2D eigenvalue weighted by Gasteiger charge is 2.09. The molecule has 0 unspecified atom stereocenters. The van der Waals surface area contributed by atoms with E-state index >= 15 is 0 Å². The van der Waals surface area contributed by atoms with Gasteiger partial charge < -0.3 is 15.4 Å². The van der Waals surface area contributed by atoms with E-state index in [1.165, 1.54) is 0 Å². The van der Waals surface area contributed by atoms with Gasteiger partial charge in [0.05, 0.1) is 13.5 Å². The summed E-state index contributed by atoms with van der Waals surface area (Å²) in [6.07, 6.45) is 0.258. The maximum absolute atomic E-state index is 12.2. The van der Waals surface area contributed by atoms with Gasteiger partial charge in [-0.2, -0.15) is 0 Å². The van der Waals surface area contributed by atoms with Crippen LogP contribution < -0.4 is 15.4 Å². The molecule has 0 spiro atoms. The smallest absolute Gasteiger partial charge is 0.251 e. The molecule has 2 N–H and O–H groups in total. The van der Waals surface area contributed by atoms with Crippen molar-refractivity contribution < 1.29 is 14.3 Å². The summed E-state index contributed by atoms with van der Waals surface area (Å²) >= 11 is 0. The van der Waals surface area contributed by atoms with Crippen molar-refractivity contribution in [2.75, 3.05) is 19.5 Å². The van der Waals surface area contributed by atoms with E-state index in [9.17, 15) is 9.59 Å². The summed E-state index contributed by atoms with van der Waals surface area (Å²) in [5, 5.41) is 5.44. The topological polar surface area (TPSA) is 67.4 Å². The van der Waals surface area contributed by atoms with Crippen molar-refractivity contribution in [1.29, 1.82) is 0 Å². The summed E-state index contributed by atoms with van der Waals surface area (Å²) in [4.78, 5) is 23.8. The monoisotopic (exact) mass is 312 g/mol. The van der Waals surface area contributed by atoms with Crippen LogP contribution in [0.15, 0.2) is 42.5 Å². The molecule has 0 heterocycles. The molecule has 0 saturated heterocycles. The fourth-order valence-electron chi connectivity index (χ4n) is 2.25. The zero-order valence-electron chi connectivity index (χ0n) is 13.5. The van der Waals surface area contributed by atoms with Crippen LogP contribution >= 0.6 is 0 Å². The van der Waals surface area contributed by atoms with Gasteiger partial charge in [0.1, 0.15) is 5.75 Å². The molecule has 0 aliphatic heterocycles. The normalized spacial score (nSPS) is 10.0. The summed E-state index contributed by atoms with van der Waals surface area (Å²) in [5.41, 5.74) is 2.98. The Morgan fingerprint density at radius 3 is 2.57 bits per heavy atom. The van der Waals surface area contributed by atoms with E-state index in [2.05, 4.69) is 10.6 Å². The van der Waals surface area contributed by atoms with Crippen molar-refractivity contribution in [2.24, 2.45) is 0 Å². The van der Waals surface area contributed by atoms with Gasteiger partial charge in [0.15, 0.2) is 0 Å². The Hall–Kier alpha value is -2.82. The Labute approximate surface area is 135 Å². The molecule has 5 heteroatoms. The van der Waals surface area contributed by atoms with E-state index in [4.69, 9.17) is 4.74 Å². The number of ether oxygens (including phenoxy) is 1. The lowest BCUT2D eigenvalue weighted by Crippen LogP contribution is -2.19. The first kappa shape index (κ1) is 16.5. The van der Waals surface area contributed by atoms with E-state index in [1.54, 1.807) is 32.4 Å². The maximum Gasteiger partial charge on any atom is 0.251 e. The third-order valence-corrected chi connectivity index (χ3v) is 3.49. The average molecular weight is 312 g/mol. The zero-order chi connectivity index (χ0) is 16.8. The quantitative estimate of drug-likeness (QED) is 0.891. The molecule has 5 nitrogen and oxygen atoms in total. The van der Waals surface area contributed by atoms with Gasteiger partial charge in [-0.05, 0) is 48.4 Å². The summed E-state index contributed by atoms with van der Waals surface area (Å²) < 4.78 is 5.15. The minimum Gasteiger partial charge on any atom is -0.497 e. The van der Waals surface area contributed by atoms with Crippen LogP contribution in [0, 0.1) is 6.92 Å². The minimum absolute atomic E-state index is 0.117. The molecular weight excluding hydrogens is 292 g/mol. The van der Waals surface area contributed by atoms with Crippen molar-refractivity contribution in [3.63, 3.8) is 0 Å². The molecule has 0 fully saturated rings. The molecule has 0 atom stereocenters. The molecule has 0 aliphatic rings. The number of aryl methyl sites for hydroxylation is 1. The third-order valence-electron chi connectivity index (χ3n) is 3.49. The molecule has 0 bridgehead atoms. The Morgan fingerprint density at radius 1 is 1.13 bits per heavy atom. The first-order valence-electron chi connectivity index (χ1n) is 7.29. The number of rotatable bonds is 5. The van der Waals surface area contributed by atoms with Crippen LogP contribution in [0.2, 0.25) is 0 Å². The number of methoxy groups -OCH3 is 1. The number of carbonyl (C=O) groups excluding carboxylic acids is 2. The zero-order valence-corrected chi connectivity index (χ0v) is 13.5. The second-order valence-electron chi connectivity index (χ2n) is 5.19. The number of nitrogens with one attached hydrogen (secondary N) is 2. The Balaban J connectivity index is 2.06. The number of amides is 2. The van der Waals surface area contributed by atoms with Gasteiger partial charge in [-0.25, -0.2) is 0 Å².